The highest BCUT2D eigenvalue weighted by Crippen LogP contribution is 2.24. The van der Waals surface area contributed by atoms with E-state index in [0.717, 1.165) is 43.5 Å². The van der Waals surface area contributed by atoms with Crippen molar-refractivity contribution in [3.63, 3.8) is 0 Å². The van der Waals surface area contributed by atoms with Gasteiger partial charge in [-0.1, -0.05) is 17.7 Å². The van der Waals surface area contributed by atoms with Gasteiger partial charge in [0, 0.05) is 23.3 Å². The molecule has 2 rings (SSSR count). The van der Waals surface area contributed by atoms with Crippen LogP contribution < -0.4 is 0 Å². The monoisotopic (exact) mass is 366 g/mol. The number of hydrogen-bond acceptors (Lipinski definition) is 5. The van der Waals surface area contributed by atoms with E-state index in [1.165, 1.54) is 6.07 Å². The quantitative estimate of drug-likeness (QED) is 0.435. The molecule has 1 aromatic carbocycles. The van der Waals surface area contributed by atoms with Gasteiger partial charge in [0.1, 0.15) is 5.56 Å². The molecule has 0 N–H and O–H groups in total. The maximum absolute atomic E-state index is 12.3. The molecule has 0 aromatic heterocycles. The minimum Gasteiger partial charge on any atom is -0.452 e. The third kappa shape index (κ3) is 4.79. The van der Waals surface area contributed by atoms with Crippen LogP contribution in [0.4, 0.5) is 5.69 Å². The minimum atomic E-state index is -0.948. The first-order valence-corrected chi connectivity index (χ1v) is 8.42. The normalized spacial score (nSPS) is 13.8. The summed E-state index contributed by atoms with van der Waals surface area (Å²) in [4.78, 5) is 36.4. The van der Waals surface area contributed by atoms with E-state index in [0.29, 0.717) is 6.54 Å². The fourth-order valence-electron chi connectivity index (χ4n) is 2.72. The molecule has 8 heteroatoms. The highest BCUT2D eigenvalue weighted by atomic mass is 35.5. The van der Waals surface area contributed by atoms with E-state index in [1.54, 1.807) is 4.90 Å². The molecule has 0 unspecified atom stereocenters. The van der Waals surface area contributed by atoms with Crippen molar-refractivity contribution in [1.82, 2.24) is 4.90 Å². The first-order chi connectivity index (χ1) is 11.9. The summed E-state index contributed by atoms with van der Waals surface area (Å²) in [6, 6.07) is 3.61. The zero-order valence-electron chi connectivity index (χ0n) is 13.9. The number of amides is 1. The van der Waals surface area contributed by atoms with Crippen molar-refractivity contribution in [1.29, 1.82) is 0 Å². The Bertz CT molecular complexity index is 717. The second kappa shape index (κ2) is 8.62. The summed E-state index contributed by atoms with van der Waals surface area (Å²) in [6.45, 7) is 1.84. The molecule has 0 atom stereocenters. The third-order valence-corrected chi connectivity index (χ3v) is 4.17. The predicted octanol–water partition coefficient (Wildman–Crippen LogP) is 3.71. The largest absolute Gasteiger partial charge is 0.452 e. The van der Waals surface area contributed by atoms with E-state index >= 15 is 0 Å². The van der Waals surface area contributed by atoms with E-state index in [-0.39, 0.29) is 16.5 Å². The zero-order chi connectivity index (χ0) is 18.4. The topological polar surface area (TPSA) is 89.8 Å². The molecule has 0 aliphatic heterocycles. The number of esters is 1. The van der Waals surface area contributed by atoms with E-state index in [2.05, 4.69) is 0 Å². The minimum absolute atomic E-state index is 0.173. The van der Waals surface area contributed by atoms with E-state index in [4.69, 9.17) is 16.3 Å². The molecule has 1 aromatic rings. The standard InChI is InChI=1S/C17H19ClN2O5/c1-2-19(13-6-4-3-5-7-13)16(21)11-25-17(22)14-10-12(18)8-9-15(14)20(23)24/h6,8-10H,2-5,7,11H2,1H3. The third-order valence-electron chi connectivity index (χ3n) is 3.93. The number of carbonyl (C=O) groups is 2. The Morgan fingerprint density at radius 2 is 2.12 bits per heavy atom. The summed E-state index contributed by atoms with van der Waals surface area (Å²) in [6.07, 6.45) is 5.88. The Hall–Kier alpha value is -2.41. The molecule has 1 aliphatic carbocycles. The van der Waals surface area contributed by atoms with Crippen molar-refractivity contribution >= 4 is 29.2 Å². The van der Waals surface area contributed by atoms with Gasteiger partial charge >= 0.3 is 5.97 Å². The lowest BCUT2D eigenvalue weighted by Crippen LogP contribution is -2.34. The molecule has 0 saturated heterocycles. The van der Waals surface area contributed by atoms with Crippen molar-refractivity contribution in [2.75, 3.05) is 13.2 Å². The van der Waals surface area contributed by atoms with Gasteiger partial charge in [0.15, 0.2) is 6.61 Å². The lowest BCUT2D eigenvalue weighted by Gasteiger charge is -2.26. The van der Waals surface area contributed by atoms with Crippen LogP contribution in [0.15, 0.2) is 30.0 Å². The molecule has 0 radical (unpaired) electrons. The van der Waals surface area contributed by atoms with E-state index in [1.807, 2.05) is 13.0 Å². The first-order valence-electron chi connectivity index (χ1n) is 8.04. The van der Waals surface area contributed by atoms with E-state index in [9.17, 15) is 19.7 Å². The van der Waals surface area contributed by atoms with Crippen LogP contribution in [-0.2, 0) is 9.53 Å². The first kappa shape index (κ1) is 18.9. The summed E-state index contributed by atoms with van der Waals surface area (Å²) in [7, 11) is 0. The van der Waals surface area contributed by atoms with Crippen LogP contribution in [0.3, 0.4) is 0 Å². The second-order valence-electron chi connectivity index (χ2n) is 5.57. The Morgan fingerprint density at radius 3 is 2.72 bits per heavy atom. The Balaban J connectivity index is 2.06. The van der Waals surface area contributed by atoms with Crippen molar-refractivity contribution in [3.8, 4) is 0 Å². The van der Waals surface area contributed by atoms with Gasteiger partial charge in [-0.3, -0.25) is 14.9 Å². The number of benzene rings is 1. The van der Waals surface area contributed by atoms with Gasteiger partial charge in [0.25, 0.3) is 11.6 Å². The van der Waals surface area contributed by atoms with Gasteiger partial charge in [-0.25, -0.2) is 4.79 Å². The fraction of sp³-hybridized carbons (Fsp3) is 0.412. The van der Waals surface area contributed by atoms with Gasteiger partial charge < -0.3 is 9.64 Å². The highest BCUT2D eigenvalue weighted by molar-refractivity contribution is 6.31. The number of allylic oxidation sites excluding steroid dienone is 2. The number of nitro benzene ring substituents is 1. The molecule has 134 valence electrons. The van der Waals surface area contributed by atoms with Gasteiger partial charge in [0.05, 0.1) is 4.92 Å². The number of nitrogens with zero attached hydrogens (tertiary/aromatic N) is 2. The Kier molecular flexibility index (Phi) is 6.52. The number of ether oxygens (including phenoxy) is 1. The summed E-state index contributed by atoms with van der Waals surface area (Å²) in [5.41, 5.74) is 0.248. The predicted molar refractivity (Wildman–Crippen MR) is 92.3 cm³/mol. The highest BCUT2D eigenvalue weighted by Gasteiger charge is 2.24. The smallest absolute Gasteiger partial charge is 0.345 e. The van der Waals surface area contributed by atoms with Crippen LogP contribution in [0, 0.1) is 10.1 Å². The lowest BCUT2D eigenvalue weighted by atomic mass is 10.0. The Morgan fingerprint density at radius 1 is 1.36 bits per heavy atom. The molecular formula is C17H19ClN2O5. The van der Waals surface area contributed by atoms with Crippen molar-refractivity contribution in [2.24, 2.45) is 0 Å². The number of rotatable bonds is 6. The van der Waals surface area contributed by atoms with Crippen molar-refractivity contribution < 1.29 is 19.2 Å². The second-order valence-corrected chi connectivity index (χ2v) is 6.01. The number of halogens is 1. The summed E-state index contributed by atoms with van der Waals surface area (Å²) in [5, 5.41) is 11.2. The van der Waals surface area contributed by atoms with Crippen LogP contribution in [0.5, 0.6) is 0 Å². The molecule has 0 bridgehead atoms. The molecule has 0 fully saturated rings. The molecule has 1 amide bonds. The summed E-state index contributed by atoms with van der Waals surface area (Å²) in [5.74, 6) is -1.30. The molecule has 25 heavy (non-hydrogen) atoms. The average molecular weight is 367 g/mol. The SMILES string of the molecule is CCN(C(=O)COC(=O)c1cc(Cl)ccc1[N+](=O)[O-])C1=CCCCC1. The summed E-state index contributed by atoms with van der Waals surface area (Å²) >= 11 is 5.79. The molecular weight excluding hydrogens is 348 g/mol. The number of nitro groups is 1. The van der Waals surface area contributed by atoms with Crippen molar-refractivity contribution in [3.05, 3.63) is 50.7 Å². The maximum atomic E-state index is 12.3. The lowest BCUT2D eigenvalue weighted by molar-refractivity contribution is -0.385. The van der Waals surface area contributed by atoms with Crippen LogP contribution in [0.2, 0.25) is 5.02 Å². The number of hydrogen-bond donors (Lipinski definition) is 0. The van der Waals surface area contributed by atoms with Crippen LogP contribution in [0.1, 0.15) is 43.0 Å². The van der Waals surface area contributed by atoms with Gasteiger partial charge in [-0.15, -0.1) is 0 Å². The summed E-state index contributed by atoms with van der Waals surface area (Å²) < 4.78 is 4.99. The molecule has 1 aliphatic rings. The Labute approximate surface area is 150 Å². The van der Waals surface area contributed by atoms with Gasteiger partial charge in [-0.2, -0.15) is 0 Å². The fourth-order valence-corrected chi connectivity index (χ4v) is 2.89. The molecule has 0 heterocycles. The van der Waals surface area contributed by atoms with Crippen LogP contribution in [0.25, 0.3) is 0 Å². The van der Waals surface area contributed by atoms with Gasteiger partial charge in [-0.05, 0) is 44.7 Å². The van der Waals surface area contributed by atoms with E-state index < -0.39 is 23.2 Å². The average Bonchev–Trinajstić information content (AvgIpc) is 2.60. The van der Waals surface area contributed by atoms with Gasteiger partial charge in [0.2, 0.25) is 0 Å². The number of carbonyl (C=O) groups excluding carboxylic acids is 2. The van der Waals surface area contributed by atoms with Crippen LogP contribution in [-0.4, -0.2) is 34.9 Å². The zero-order valence-corrected chi connectivity index (χ0v) is 14.6. The number of likely N-dealkylation sites (N-methyl/N-ethyl adjacent to an activating group) is 1. The van der Waals surface area contributed by atoms with Crippen molar-refractivity contribution in [2.45, 2.75) is 32.6 Å². The molecule has 0 saturated carbocycles. The van der Waals surface area contributed by atoms with Crippen LogP contribution >= 0.6 is 11.6 Å². The molecule has 0 spiro atoms. The molecule has 7 nitrogen and oxygen atoms in total. The maximum Gasteiger partial charge on any atom is 0.345 e.